The van der Waals surface area contributed by atoms with Gasteiger partial charge in [-0.3, -0.25) is 0 Å². The van der Waals surface area contributed by atoms with Gasteiger partial charge in [0.15, 0.2) is 0 Å². The standard InChI is InChI=1S/C5H8.C3H4N2/c1-4-5(2)3;1-2-5-3-4-1/h4H,1-2H2,3H3;1-3H,(H,4,5). The number of aromatic nitrogens is 2. The van der Waals surface area contributed by atoms with Crippen LogP contribution in [-0.4, -0.2) is 9.97 Å². The van der Waals surface area contributed by atoms with Gasteiger partial charge in [0.1, 0.15) is 0 Å². The Morgan fingerprint density at radius 3 is 2.40 bits per heavy atom. The average molecular weight is 136 g/mol. The lowest BCUT2D eigenvalue weighted by molar-refractivity contribution is 1.31. The van der Waals surface area contributed by atoms with Crippen molar-refractivity contribution in [3.8, 4) is 0 Å². The Balaban J connectivity index is 0.000000162. The van der Waals surface area contributed by atoms with Gasteiger partial charge in [-0.15, -0.1) is 0 Å². The molecule has 0 atom stereocenters. The van der Waals surface area contributed by atoms with Crippen LogP contribution in [0.3, 0.4) is 0 Å². The van der Waals surface area contributed by atoms with Crippen LogP contribution in [0.4, 0.5) is 0 Å². The van der Waals surface area contributed by atoms with Crippen molar-refractivity contribution in [2.24, 2.45) is 0 Å². The number of nitrogens with zero attached hydrogens (tertiary/aromatic N) is 1. The maximum Gasteiger partial charge on any atom is 0.0919 e. The number of allylic oxidation sites excluding steroid dienone is 2. The number of hydrogen-bond donors (Lipinski definition) is 1. The molecule has 0 amide bonds. The van der Waals surface area contributed by atoms with Crippen molar-refractivity contribution in [2.75, 3.05) is 0 Å². The summed E-state index contributed by atoms with van der Waals surface area (Å²) in [5, 5.41) is 0. The molecule has 10 heavy (non-hydrogen) atoms. The fourth-order valence-corrected chi connectivity index (χ4v) is 0.215. The summed E-state index contributed by atoms with van der Waals surface area (Å²) in [5.41, 5.74) is 1.02. The van der Waals surface area contributed by atoms with Crippen LogP contribution in [0.25, 0.3) is 0 Å². The molecule has 1 rings (SSSR count). The molecule has 0 saturated carbocycles. The van der Waals surface area contributed by atoms with Gasteiger partial charge in [0.2, 0.25) is 0 Å². The molecule has 1 N–H and O–H groups in total. The zero-order chi connectivity index (χ0) is 7.82. The van der Waals surface area contributed by atoms with E-state index in [1.165, 1.54) is 0 Å². The first kappa shape index (κ1) is 8.69. The minimum atomic E-state index is 1.02. The highest BCUT2D eigenvalue weighted by Crippen LogP contribution is 1.81. The Hall–Kier alpha value is -1.31. The summed E-state index contributed by atoms with van der Waals surface area (Å²) >= 11 is 0. The monoisotopic (exact) mass is 136 g/mol. The third-order valence-corrected chi connectivity index (χ3v) is 0.754. The fourth-order valence-electron chi connectivity index (χ4n) is 0.215. The minimum Gasteiger partial charge on any atom is -0.351 e. The Labute approximate surface area is 61.3 Å². The third kappa shape index (κ3) is 6.69. The molecule has 2 heteroatoms. The first-order valence-corrected chi connectivity index (χ1v) is 2.98. The van der Waals surface area contributed by atoms with Crippen molar-refractivity contribution in [1.82, 2.24) is 9.97 Å². The van der Waals surface area contributed by atoms with Crippen LogP contribution in [0.5, 0.6) is 0 Å². The normalized spacial score (nSPS) is 7.30. The highest BCUT2D eigenvalue weighted by Gasteiger charge is 1.59. The van der Waals surface area contributed by atoms with E-state index in [1.54, 1.807) is 24.8 Å². The Kier molecular flexibility index (Phi) is 5.06. The molecule has 54 valence electrons. The number of H-pyrrole nitrogens is 1. The van der Waals surface area contributed by atoms with Gasteiger partial charge in [0, 0.05) is 12.4 Å². The van der Waals surface area contributed by atoms with E-state index < -0.39 is 0 Å². The van der Waals surface area contributed by atoms with Crippen LogP contribution >= 0.6 is 0 Å². The molecular weight excluding hydrogens is 124 g/mol. The Morgan fingerprint density at radius 1 is 1.70 bits per heavy atom. The molecule has 0 fully saturated rings. The largest absolute Gasteiger partial charge is 0.351 e. The van der Waals surface area contributed by atoms with E-state index in [4.69, 9.17) is 0 Å². The molecule has 0 unspecified atom stereocenters. The van der Waals surface area contributed by atoms with Crippen LogP contribution in [0.15, 0.2) is 43.5 Å². The zero-order valence-corrected chi connectivity index (χ0v) is 6.17. The Morgan fingerprint density at radius 2 is 2.30 bits per heavy atom. The van der Waals surface area contributed by atoms with Gasteiger partial charge in [-0.25, -0.2) is 4.98 Å². The molecule has 2 nitrogen and oxygen atoms in total. The highest BCUT2D eigenvalue weighted by atomic mass is 14.8. The maximum absolute atomic E-state index is 3.67. The summed E-state index contributed by atoms with van der Waals surface area (Å²) in [7, 11) is 0. The van der Waals surface area contributed by atoms with Crippen LogP contribution in [-0.2, 0) is 0 Å². The van der Waals surface area contributed by atoms with Crippen molar-refractivity contribution >= 4 is 0 Å². The van der Waals surface area contributed by atoms with Crippen molar-refractivity contribution in [1.29, 1.82) is 0 Å². The molecule has 1 heterocycles. The topological polar surface area (TPSA) is 28.7 Å². The molecule has 0 aliphatic rings. The third-order valence-electron chi connectivity index (χ3n) is 0.754. The van der Waals surface area contributed by atoms with E-state index in [0.717, 1.165) is 5.57 Å². The Bertz CT molecular complexity index is 158. The SMILES string of the molecule is C=CC(=C)C.c1c[nH]cn1. The van der Waals surface area contributed by atoms with Crippen LogP contribution < -0.4 is 0 Å². The minimum absolute atomic E-state index is 1.02. The van der Waals surface area contributed by atoms with E-state index >= 15 is 0 Å². The molecule has 0 aliphatic carbocycles. The van der Waals surface area contributed by atoms with Gasteiger partial charge in [0.25, 0.3) is 0 Å². The summed E-state index contributed by atoms with van der Waals surface area (Å²) < 4.78 is 0. The molecule has 0 saturated heterocycles. The van der Waals surface area contributed by atoms with E-state index in [9.17, 15) is 0 Å². The second-order valence-electron chi connectivity index (χ2n) is 1.81. The number of imidazole rings is 1. The summed E-state index contributed by atoms with van der Waals surface area (Å²) in [6.45, 7) is 8.93. The number of hydrogen-bond acceptors (Lipinski definition) is 1. The fraction of sp³-hybridized carbons (Fsp3) is 0.125. The number of rotatable bonds is 1. The number of aromatic amines is 1. The van der Waals surface area contributed by atoms with Gasteiger partial charge in [-0.05, 0) is 6.92 Å². The summed E-state index contributed by atoms with van der Waals surface area (Å²) in [6, 6.07) is 0. The van der Waals surface area contributed by atoms with Crippen molar-refractivity contribution in [3.05, 3.63) is 43.5 Å². The predicted octanol–water partition coefficient (Wildman–Crippen LogP) is 2.16. The van der Waals surface area contributed by atoms with E-state index in [-0.39, 0.29) is 0 Å². The zero-order valence-electron chi connectivity index (χ0n) is 6.17. The first-order valence-electron chi connectivity index (χ1n) is 2.98. The molecule has 1 aromatic rings. The molecule has 1 aromatic heterocycles. The van der Waals surface area contributed by atoms with E-state index in [2.05, 4.69) is 23.1 Å². The van der Waals surface area contributed by atoms with Gasteiger partial charge >= 0.3 is 0 Å². The van der Waals surface area contributed by atoms with Crippen molar-refractivity contribution < 1.29 is 0 Å². The van der Waals surface area contributed by atoms with Gasteiger partial charge in [-0.2, -0.15) is 0 Å². The molecule has 0 spiro atoms. The van der Waals surface area contributed by atoms with Crippen molar-refractivity contribution in [2.45, 2.75) is 6.92 Å². The lowest BCUT2D eigenvalue weighted by Gasteiger charge is -1.71. The lowest BCUT2D eigenvalue weighted by Crippen LogP contribution is -1.50. The first-order chi connectivity index (χ1) is 4.77. The van der Waals surface area contributed by atoms with Gasteiger partial charge < -0.3 is 4.98 Å². The average Bonchev–Trinajstić information content (AvgIpc) is 2.43. The van der Waals surface area contributed by atoms with E-state index in [1.807, 2.05) is 6.92 Å². The highest BCUT2D eigenvalue weighted by molar-refractivity contribution is 5.05. The lowest BCUT2D eigenvalue weighted by atomic mass is 10.4. The molecule has 0 radical (unpaired) electrons. The predicted molar refractivity (Wildman–Crippen MR) is 43.6 cm³/mol. The quantitative estimate of drug-likeness (QED) is 0.589. The molecule has 0 aromatic carbocycles. The van der Waals surface area contributed by atoms with Gasteiger partial charge in [0.05, 0.1) is 6.33 Å². The molecule has 0 bridgehead atoms. The number of nitrogens with one attached hydrogen (secondary N) is 1. The van der Waals surface area contributed by atoms with Crippen molar-refractivity contribution in [3.63, 3.8) is 0 Å². The second kappa shape index (κ2) is 5.82. The van der Waals surface area contributed by atoms with Crippen LogP contribution in [0, 0.1) is 0 Å². The molecule has 0 aliphatic heterocycles. The van der Waals surface area contributed by atoms with Crippen LogP contribution in [0.1, 0.15) is 6.92 Å². The van der Waals surface area contributed by atoms with Crippen LogP contribution in [0.2, 0.25) is 0 Å². The van der Waals surface area contributed by atoms with Gasteiger partial charge in [-0.1, -0.05) is 24.8 Å². The molecular formula is C8H12N2. The summed E-state index contributed by atoms with van der Waals surface area (Å²) in [4.78, 5) is 6.42. The smallest absolute Gasteiger partial charge is 0.0919 e. The second-order valence-corrected chi connectivity index (χ2v) is 1.81. The maximum atomic E-state index is 3.67. The summed E-state index contributed by atoms with van der Waals surface area (Å²) in [5.74, 6) is 0. The van der Waals surface area contributed by atoms with E-state index in [0.29, 0.717) is 0 Å². The summed E-state index contributed by atoms with van der Waals surface area (Å²) in [6.07, 6.45) is 6.81.